The van der Waals surface area contributed by atoms with E-state index in [9.17, 15) is 4.79 Å². The number of pyridine rings is 1. The van der Waals surface area contributed by atoms with Gasteiger partial charge in [0, 0.05) is 23.6 Å². The summed E-state index contributed by atoms with van der Waals surface area (Å²) in [6.45, 7) is 4.63. The predicted molar refractivity (Wildman–Crippen MR) is 76.2 cm³/mol. The lowest BCUT2D eigenvalue weighted by molar-refractivity contribution is 0.0598. The van der Waals surface area contributed by atoms with Gasteiger partial charge < -0.3 is 4.90 Å². The zero-order chi connectivity index (χ0) is 13.1. The van der Waals surface area contributed by atoms with Crippen molar-refractivity contribution in [2.45, 2.75) is 39.2 Å². The van der Waals surface area contributed by atoms with Gasteiger partial charge in [-0.2, -0.15) is 0 Å². The molecule has 1 aliphatic carbocycles. The van der Waals surface area contributed by atoms with Gasteiger partial charge in [0.2, 0.25) is 0 Å². The summed E-state index contributed by atoms with van der Waals surface area (Å²) >= 11 is 3.43. The number of aryl methyl sites for hydroxylation is 2. The summed E-state index contributed by atoms with van der Waals surface area (Å²) in [6.07, 6.45) is 3.51. The number of aromatic nitrogens is 1. The van der Waals surface area contributed by atoms with Gasteiger partial charge in [-0.05, 0) is 45.2 Å². The van der Waals surface area contributed by atoms with Crippen molar-refractivity contribution in [3.8, 4) is 0 Å². The molecule has 1 aromatic rings. The van der Waals surface area contributed by atoms with Gasteiger partial charge in [-0.25, -0.2) is 0 Å². The molecule has 0 bridgehead atoms. The Morgan fingerprint density at radius 3 is 2.67 bits per heavy atom. The smallest absolute Gasteiger partial charge is 0.255 e. The molecule has 1 aromatic heterocycles. The molecule has 0 saturated heterocycles. The molecule has 0 N–H and O–H groups in total. The van der Waals surface area contributed by atoms with E-state index in [2.05, 4.69) is 20.9 Å². The highest BCUT2D eigenvalue weighted by atomic mass is 79.9. The van der Waals surface area contributed by atoms with Gasteiger partial charge in [-0.1, -0.05) is 15.9 Å². The van der Waals surface area contributed by atoms with Crippen LogP contribution in [0.15, 0.2) is 12.1 Å². The molecule has 3 nitrogen and oxygen atoms in total. The Morgan fingerprint density at radius 2 is 2.17 bits per heavy atom. The van der Waals surface area contributed by atoms with E-state index in [0.717, 1.165) is 41.7 Å². The monoisotopic (exact) mass is 310 g/mol. The zero-order valence-electron chi connectivity index (χ0n) is 10.9. The van der Waals surface area contributed by atoms with Crippen molar-refractivity contribution < 1.29 is 4.79 Å². The number of hydrogen-bond donors (Lipinski definition) is 0. The van der Waals surface area contributed by atoms with Crippen LogP contribution >= 0.6 is 15.9 Å². The molecule has 0 aromatic carbocycles. The van der Waals surface area contributed by atoms with Gasteiger partial charge in [-0.3, -0.25) is 9.78 Å². The number of rotatable bonds is 4. The van der Waals surface area contributed by atoms with E-state index in [1.54, 1.807) is 0 Å². The molecule has 1 heterocycles. The highest BCUT2D eigenvalue weighted by Gasteiger charge is 2.29. The van der Waals surface area contributed by atoms with Crippen molar-refractivity contribution in [3.05, 3.63) is 29.1 Å². The molecule has 18 heavy (non-hydrogen) atoms. The SMILES string of the molecule is Cc1ccc(C(=O)N(CCBr)C2CCC2)c(C)n1. The maximum atomic E-state index is 12.6. The summed E-state index contributed by atoms with van der Waals surface area (Å²) in [5.41, 5.74) is 2.53. The predicted octanol–water partition coefficient (Wildman–Crippen LogP) is 3.09. The molecule has 1 aliphatic rings. The molecule has 98 valence electrons. The fourth-order valence-corrected chi connectivity index (χ4v) is 2.69. The summed E-state index contributed by atoms with van der Waals surface area (Å²) < 4.78 is 0. The standard InChI is InChI=1S/C14H19BrN2O/c1-10-6-7-13(11(2)16-10)14(18)17(9-8-15)12-4-3-5-12/h6-7,12H,3-5,8-9H2,1-2H3. The van der Waals surface area contributed by atoms with E-state index in [4.69, 9.17) is 0 Å². The molecule has 1 fully saturated rings. The van der Waals surface area contributed by atoms with E-state index in [1.807, 2.05) is 30.9 Å². The number of halogens is 1. The lowest BCUT2D eigenvalue weighted by Gasteiger charge is -2.37. The molecular formula is C14H19BrN2O. The minimum absolute atomic E-state index is 0.129. The summed E-state index contributed by atoms with van der Waals surface area (Å²) in [4.78, 5) is 18.9. The van der Waals surface area contributed by atoms with Crippen molar-refractivity contribution in [2.75, 3.05) is 11.9 Å². The number of nitrogens with zero attached hydrogens (tertiary/aromatic N) is 2. The summed E-state index contributed by atoms with van der Waals surface area (Å²) in [5.74, 6) is 0.129. The molecule has 0 radical (unpaired) electrons. The molecule has 0 atom stereocenters. The van der Waals surface area contributed by atoms with Gasteiger partial charge in [-0.15, -0.1) is 0 Å². The molecule has 1 saturated carbocycles. The maximum Gasteiger partial charge on any atom is 0.255 e. The van der Waals surface area contributed by atoms with Gasteiger partial charge in [0.1, 0.15) is 0 Å². The van der Waals surface area contributed by atoms with E-state index in [-0.39, 0.29) is 5.91 Å². The quantitative estimate of drug-likeness (QED) is 0.801. The molecule has 2 rings (SSSR count). The van der Waals surface area contributed by atoms with Crippen LogP contribution in [0.5, 0.6) is 0 Å². The Balaban J connectivity index is 2.21. The third-order valence-corrected chi connectivity index (χ3v) is 3.91. The second-order valence-corrected chi connectivity index (χ2v) is 5.65. The first-order valence-electron chi connectivity index (χ1n) is 6.44. The molecule has 4 heteroatoms. The van der Waals surface area contributed by atoms with Crippen LogP contribution in [0.3, 0.4) is 0 Å². The van der Waals surface area contributed by atoms with Crippen LogP contribution in [0.25, 0.3) is 0 Å². The van der Waals surface area contributed by atoms with Gasteiger partial charge >= 0.3 is 0 Å². The van der Waals surface area contributed by atoms with Crippen LogP contribution in [0.1, 0.15) is 41.0 Å². The molecule has 1 amide bonds. The van der Waals surface area contributed by atoms with Crippen LogP contribution in [0, 0.1) is 13.8 Å². The Kier molecular flexibility index (Phi) is 4.38. The second kappa shape index (κ2) is 5.83. The fourth-order valence-electron chi connectivity index (χ4n) is 2.31. The van der Waals surface area contributed by atoms with E-state index in [0.29, 0.717) is 6.04 Å². The first-order chi connectivity index (χ1) is 8.63. The van der Waals surface area contributed by atoms with Crippen LogP contribution in [0.4, 0.5) is 0 Å². The van der Waals surface area contributed by atoms with Crippen molar-refractivity contribution in [1.82, 2.24) is 9.88 Å². The Bertz CT molecular complexity index is 443. The molecular weight excluding hydrogens is 292 g/mol. The Morgan fingerprint density at radius 1 is 1.44 bits per heavy atom. The number of amides is 1. The van der Waals surface area contributed by atoms with Gasteiger partial charge in [0.15, 0.2) is 0 Å². The van der Waals surface area contributed by atoms with E-state index < -0.39 is 0 Å². The lowest BCUT2D eigenvalue weighted by Crippen LogP contribution is -2.45. The van der Waals surface area contributed by atoms with Crippen LogP contribution in [-0.4, -0.2) is 33.7 Å². The lowest BCUT2D eigenvalue weighted by atomic mass is 9.91. The largest absolute Gasteiger partial charge is 0.335 e. The number of carbonyl (C=O) groups is 1. The van der Waals surface area contributed by atoms with Crippen LogP contribution < -0.4 is 0 Å². The van der Waals surface area contributed by atoms with Crippen molar-refractivity contribution >= 4 is 21.8 Å². The van der Waals surface area contributed by atoms with Crippen LogP contribution in [0.2, 0.25) is 0 Å². The first-order valence-corrected chi connectivity index (χ1v) is 7.57. The van der Waals surface area contributed by atoms with E-state index >= 15 is 0 Å². The highest BCUT2D eigenvalue weighted by Crippen LogP contribution is 2.26. The van der Waals surface area contributed by atoms with Gasteiger partial charge in [0.05, 0.1) is 11.3 Å². The highest BCUT2D eigenvalue weighted by molar-refractivity contribution is 9.09. The second-order valence-electron chi connectivity index (χ2n) is 4.86. The third kappa shape index (κ3) is 2.74. The zero-order valence-corrected chi connectivity index (χ0v) is 12.5. The number of carbonyl (C=O) groups excluding carboxylic acids is 1. The van der Waals surface area contributed by atoms with Crippen molar-refractivity contribution in [1.29, 1.82) is 0 Å². The fraction of sp³-hybridized carbons (Fsp3) is 0.571. The number of hydrogen-bond acceptors (Lipinski definition) is 2. The Labute approximate surface area is 117 Å². The molecule has 0 aliphatic heterocycles. The third-order valence-electron chi connectivity index (χ3n) is 3.56. The topological polar surface area (TPSA) is 33.2 Å². The number of alkyl halides is 1. The van der Waals surface area contributed by atoms with Crippen molar-refractivity contribution in [3.63, 3.8) is 0 Å². The summed E-state index contributed by atoms with van der Waals surface area (Å²) in [7, 11) is 0. The van der Waals surface area contributed by atoms with Gasteiger partial charge in [0.25, 0.3) is 5.91 Å². The van der Waals surface area contributed by atoms with Crippen LogP contribution in [-0.2, 0) is 0 Å². The maximum absolute atomic E-state index is 12.6. The minimum Gasteiger partial charge on any atom is -0.335 e. The van der Waals surface area contributed by atoms with E-state index in [1.165, 1.54) is 6.42 Å². The Hall–Kier alpha value is -0.900. The summed E-state index contributed by atoms with van der Waals surface area (Å²) in [6, 6.07) is 4.24. The minimum atomic E-state index is 0.129. The average Bonchev–Trinajstić information content (AvgIpc) is 2.25. The normalized spacial score (nSPS) is 15.3. The average molecular weight is 311 g/mol. The summed E-state index contributed by atoms with van der Waals surface area (Å²) in [5, 5.41) is 0.827. The molecule has 0 unspecified atom stereocenters. The van der Waals surface area contributed by atoms with Crippen molar-refractivity contribution in [2.24, 2.45) is 0 Å². The first kappa shape index (κ1) is 13.5. The molecule has 0 spiro atoms.